The van der Waals surface area contributed by atoms with Crippen LogP contribution in [0.25, 0.3) is 137 Å². The smallest absolute Gasteiger partial charge is 0.164 e. The second kappa shape index (κ2) is 13.4. The molecule has 0 aliphatic carbocycles. The monoisotopic (exact) mass is 814 g/mol. The third-order valence-electron chi connectivity index (χ3n) is 13.1. The number of aromatic nitrogens is 4. The lowest BCUT2D eigenvalue weighted by Gasteiger charge is -2.11. The summed E-state index contributed by atoms with van der Waals surface area (Å²) >= 11 is 0. The van der Waals surface area contributed by atoms with Gasteiger partial charge in [-0.15, -0.1) is 0 Å². The van der Waals surface area contributed by atoms with Crippen LogP contribution in [0.15, 0.2) is 211 Å². The lowest BCUT2D eigenvalue weighted by Crippen LogP contribution is -2.00. The maximum atomic E-state index is 6.74. The zero-order chi connectivity index (χ0) is 41.9. The van der Waals surface area contributed by atoms with Crippen LogP contribution in [0, 0.1) is 0 Å². The highest BCUT2D eigenvalue weighted by atomic mass is 16.3. The Labute approximate surface area is 366 Å². The third-order valence-corrected chi connectivity index (χ3v) is 13.1. The van der Waals surface area contributed by atoms with Gasteiger partial charge in [0.2, 0.25) is 0 Å². The molecule has 14 aromatic rings. The van der Waals surface area contributed by atoms with Crippen molar-refractivity contribution in [2.24, 2.45) is 0 Å². The van der Waals surface area contributed by atoms with E-state index in [0.717, 1.165) is 65.9 Å². The lowest BCUT2D eigenvalue weighted by molar-refractivity contribution is 0.669. The molecule has 296 valence electrons. The number of rotatable bonds is 4. The minimum atomic E-state index is 0.585. The molecule has 0 N–H and O–H groups in total. The summed E-state index contributed by atoms with van der Waals surface area (Å²) in [6.07, 6.45) is 0. The van der Waals surface area contributed by atoms with Gasteiger partial charge in [-0.25, -0.2) is 15.0 Å². The van der Waals surface area contributed by atoms with Crippen molar-refractivity contribution in [1.29, 1.82) is 0 Å². The normalized spacial score (nSPS) is 12.1. The van der Waals surface area contributed by atoms with Crippen LogP contribution in [0.3, 0.4) is 0 Å². The predicted molar refractivity (Wildman–Crippen MR) is 265 cm³/mol. The van der Waals surface area contributed by atoms with Gasteiger partial charge in [-0.1, -0.05) is 140 Å². The maximum absolute atomic E-state index is 6.74. The van der Waals surface area contributed by atoms with Crippen LogP contribution in [0.1, 0.15) is 0 Å². The molecule has 0 saturated heterocycles. The molecular weight excluding hydrogens is 781 g/mol. The van der Waals surface area contributed by atoms with Crippen molar-refractivity contribution < 1.29 is 4.42 Å². The Morgan fingerprint density at radius 2 is 0.734 bits per heavy atom. The summed E-state index contributed by atoms with van der Waals surface area (Å²) in [6, 6.07) is 73.6. The van der Waals surface area contributed by atoms with E-state index in [1.807, 2.05) is 0 Å². The highest BCUT2D eigenvalue weighted by Gasteiger charge is 2.19. The van der Waals surface area contributed by atoms with E-state index >= 15 is 0 Å². The molecule has 0 radical (unpaired) electrons. The van der Waals surface area contributed by atoms with Crippen molar-refractivity contribution in [3.63, 3.8) is 0 Å². The van der Waals surface area contributed by atoms with E-state index in [4.69, 9.17) is 19.4 Å². The Kier molecular flexibility index (Phi) is 7.33. The van der Waals surface area contributed by atoms with E-state index in [1.165, 1.54) is 54.1 Å². The Morgan fingerprint density at radius 1 is 0.297 bits per heavy atom. The van der Waals surface area contributed by atoms with Crippen LogP contribution in [-0.2, 0) is 0 Å². The molecule has 64 heavy (non-hydrogen) atoms. The minimum Gasteiger partial charge on any atom is -0.456 e. The van der Waals surface area contributed by atoms with Crippen LogP contribution in [-0.4, -0.2) is 19.5 Å². The Morgan fingerprint density at radius 3 is 1.28 bits per heavy atom. The Bertz CT molecular complexity index is 4080. The van der Waals surface area contributed by atoms with Crippen LogP contribution in [0.4, 0.5) is 0 Å². The summed E-state index contributed by atoms with van der Waals surface area (Å²) in [5, 5.41) is 16.4. The van der Waals surface area contributed by atoms with Crippen LogP contribution in [0.5, 0.6) is 0 Å². The molecule has 0 aliphatic rings. The van der Waals surface area contributed by atoms with E-state index in [1.54, 1.807) is 0 Å². The first-order valence-corrected chi connectivity index (χ1v) is 21.7. The van der Waals surface area contributed by atoms with Gasteiger partial charge in [0, 0.05) is 43.9 Å². The van der Waals surface area contributed by atoms with Gasteiger partial charge in [-0.05, 0) is 121 Å². The summed E-state index contributed by atoms with van der Waals surface area (Å²) in [5.74, 6) is 1.82. The van der Waals surface area contributed by atoms with Gasteiger partial charge in [-0.2, -0.15) is 0 Å². The van der Waals surface area contributed by atoms with Gasteiger partial charge in [0.05, 0.1) is 11.0 Å². The van der Waals surface area contributed by atoms with Gasteiger partial charge in [0.15, 0.2) is 17.5 Å². The molecular formula is C59H34N4O. The molecule has 0 amide bonds. The van der Waals surface area contributed by atoms with E-state index in [9.17, 15) is 0 Å². The van der Waals surface area contributed by atoms with E-state index < -0.39 is 0 Å². The average Bonchev–Trinajstić information content (AvgIpc) is 3.88. The van der Waals surface area contributed by atoms with Gasteiger partial charge < -0.3 is 8.98 Å². The SMILES string of the molecule is c1ccc2cc(-c3nc(-c4ccc5ccccc5c4)nc(-c4ccc5c(c4)oc4ccc6ccc(-n7c8cc9ccccc9cc8c8cc9ccccc9cc87)cc6c45)n3)ccc2c1. The number of nitrogens with zero attached hydrogens (tertiary/aromatic N) is 4. The second-order valence-corrected chi connectivity index (χ2v) is 16.9. The highest BCUT2D eigenvalue weighted by molar-refractivity contribution is 6.20. The molecule has 0 saturated carbocycles. The Hall–Kier alpha value is -8.67. The fraction of sp³-hybridized carbons (Fsp3) is 0. The van der Waals surface area contributed by atoms with Crippen molar-refractivity contribution >= 4 is 97.6 Å². The van der Waals surface area contributed by atoms with E-state index in [2.05, 4.69) is 211 Å². The molecule has 0 unspecified atom stereocenters. The third kappa shape index (κ3) is 5.41. The van der Waals surface area contributed by atoms with Gasteiger partial charge in [0.25, 0.3) is 0 Å². The summed E-state index contributed by atoms with van der Waals surface area (Å²) in [5.41, 5.74) is 7.79. The van der Waals surface area contributed by atoms with Gasteiger partial charge >= 0.3 is 0 Å². The zero-order valence-electron chi connectivity index (χ0n) is 34.3. The van der Waals surface area contributed by atoms with Crippen molar-refractivity contribution in [1.82, 2.24) is 19.5 Å². The van der Waals surface area contributed by atoms with Crippen molar-refractivity contribution in [2.75, 3.05) is 0 Å². The summed E-state index contributed by atoms with van der Waals surface area (Å²) < 4.78 is 9.17. The first-order chi connectivity index (χ1) is 31.6. The summed E-state index contributed by atoms with van der Waals surface area (Å²) in [6.45, 7) is 0. The van der Waals surface area contributed by atoms with Crippen molar-refractivity contribution in [3.05, 3.63) is 206 Å². The quantitative estimate of drug-likeness (QED) is 0.178. The Balaban J connectivity index is 0.952. The molecule has 0 atom stereocenters. The van der Waals surface area contributed by atoms with Crippen molar-refractivity contribution in [2.45, 2.75) is 0 Å². The van der Waals surface area contributed by atoms with Crippen molar-refractivity contribution in [3.8, 4) is 39.9 Å². The largest absolute Gasteiger partial charge is 0.456 e. The van der Waals surface area contributed by atoms with Crippen LogP contribution < -0.4 is 0 Å². The minimum absolute atomic E-state index is 0.585. The van der Waals surface area contributed by atoms with E-state index in [0.29, 0.717) is 17.5 Å². The standard InChI is InChI=1S/C59H34N4O/c1-3-11-38-27-44(19-17-35(38)9-1)57-60-58(45-20-18-36-10-2-4-12-39(36)28-45)62-59(61-57)46-22-25-48-55(33-46)64-54-26-23-37-21-24-47(34-49(37)56(48)54)63-52-31-42-15-7-5-13-40(42)29-50(52)51-30-41-14-6-8-16-43(41)32-53(51)63/h1-34H. The molecule has 3 heterocycles. The number of fused-ring (bicyclic) bond motifs is 12. The first kappa shape index (κ1) is 35.0. The molecule has 0 spiro atoms. The predicted octanol–water partition coefficient (Wildman–Crippen LogP) is 15.6. The fourth-order valence-electron chi connectivity index (χ4n) is 9.95. The number of hydrogen-bond donors (Lipinski definition) is 0. The summed E-state index contributed by atoms with van der Waals surface area (Å²) in [7, 11) is 0. The molecule has 0 bridgehead atoms. The second-order valence-electron chi connectivity index (χ2n) is 16.9. The molecule has 5 nitrogen and oxygen atoms in total. The molecule has 11 aromatic carbocycles. The van der Waals surface area contributed by atoms with Gasteiger partial charge in [-0.3, -0.25) is 0 Å². The topological polar surface area (TPSA) is 56.7 Å². The molecule has 3 aromatic heterocycles. The highest BCUT2D eigenvalue weighted by Crippen LogP contribution is 2.41. The van der Waals surface area contributed by atoms with Gasteiger partial charge in [0.1, 0.15) is 11.2 Å². The molecule has 14 rings (SSSR count). The van der Waals surface area contributed by atoms with Crippen LogP contribution >= 0.6 is 0 Å². The number of benzene rings is 11. The lowest BCUT2D eigenvalue weighted by atomic mass is 10.0. The van der Waals surface area contributed by atoms with Crippen LogP contribution in [0.2, 0.25) is 0 Å². The zero-order valence-corrected chi connectivity index (χ0v) is 34.3. The maximum Gasteiger partial charge on any atom is 0.164 e. The van der Waals surface area contributed by atoms with E-state index in [-0.39, 0.29) is 0 Å². The average molecular weight is 815 g/mol. The fourth-order valence-corrected chi connectivity index (χ4v) is 9.95. The number of furan rings is 1. The molecule has 0 fully saturated rings. The summed E-state index contributed by atoms with van der Waals surface area (Å²) in [4.78, 5) is 15.4. The molecule has 5 heteroatoms. The number of hydrogen-bond acceptors (Lipinski definition) is 4. The first-order valence-electron chi connectivity index (χ1n) is 21.7. The molecule has 0 aliphatic heterocycles.